The van der Waals surface area contributed by atoms with Crippen LogP contribution in [-0.2, 0) is 9.53 Å². The van der Waals surface area contributed by atoms with Gasteiger partial charge in [-0.15, -0.1) is 5.10 Å². The van der Waals surface area contributed by atoms with Crippen molar-refractivity contribution < 1.29 is 18.7 Å². The summed E-state index contributed by atoms with van der Waals surface area (Å²) in [4.78, 5) is 21.4. The monoisotopic (exact) mass is 450 g/mol. The molecular formula is C23H26N6O4. The van der Waals surface area contributed by atoms with Crippen molar-refractivity contribution in [2.24, 2.45) is 0 Å². The van der Waals surface area contributed by atoms with Crippen molar-refractivity contribution in [2.45, 2.75) is 25.9 Å². The molecule has 1 atom stereocenters. The molecule has 1 N–H and O–H groups in total. The minimum atomic E-state index is 0.178. The van der Waals surface area contributed by atoms with Gasteiger partial charge in [0.05, 0.1) is 31.4 Å². The van der Waals surface area contributed by atoms with Crippen molar-refractivity contribution in [1.82, 2.24) is 24.9 Å². The molecule has 0 bridgehead atoms. The van der Waals surface area contributed by atoms with E-state index in [1.165, 1.54) is 0 Å². The molecule has 4 aromatic heterocycles. The Hall–Kier alpha value is -3.66. The number of fused-ring (bicyclic) bond motifs is 2. The predicted octanol–water partition coefficient (Wildman–Crippen LogP) is 2.67. The zero-order valence-corrected chi connectivity index (χ0v) is 18.7. The molecule has 2 fully saturated rings. The van der Waals surface area contributed by atoms with Crippen LogP contribution in [0, 0.1) is 0 Å². The summed E-state index contributed by atoms with van der Waals surface area (Å²) in [5, 5.41) is 8.10. The van der Waals surface area contributed by atoms with Crippen LogP contribution < -0.4 is 15.0 Å². The molecule has 10 nitrogen and oxygen atoms in total. The molecule has 2 aliphatic heterocycles. The number of nitrogens with one attached hydrogen (secondary N) is 1. The minimum absolute atomic E-state index is 0.178. The Kier molecular flexibility index (Phi) is 5.82. The maximum Gasteiger partial charge on any atom is 0.231 e. The average Bonchev–Trinajstić information content (AvgIpc) is 3.57. The fraction of sp³-hybridized carbons (Fsp3) is 0.391. The second kappa shape index (κ2) is 9.07. The number of hydrogen-bond acceptors (Lipinski definition) is 8. The van der Waals surface area contributed by atoms with Crippen LogP contribution in [0.15, 0.2) is 41.1 Å². The maximum atomic E-state index is 10.1. The van der Waals surface area contributed by atoms with E-state index in [1.54, 1.807) is 30.1 Å². The SMILES string of the molecule is COc1ccc2ncc(-c3cc4c(N5CCOC(C)C5)nccc4o3)n2n1.O=C1CCCN1. The van der Waals surface area contributed by atoms with Crippen LogP contribution in [0.3, 0.4) is 0 Å². The molecule has 0 saturated carbocycles. The van der Waals surface area contributed by atoms with E-state index in [9.17, 15) is 4.79 Å². The number of rotatable bonds is 3. The van der Waals surface area contributed by atoms with E-state index in [-0.39, 0.29) is 12.0 Å². The molecule has 6 heterocycles. The first-order chi connectivity index (χ1) is 16.1. The van der Waals surface area contributed by atoms with E-state index in [0.717, 1.165) is 60.6 Å². The lowest BCUT2D eigenvalue weighted by molar-refractivity contribution is -0.119. The Labute approximate surface area is 190 Å². The number of carbonyl (C=O) groups is 1. The summed E-state index contributed by atoms with van der Waals surface area (Å²) in [6.07, 6.45) is 5.47. The molecule has 2 saturated heterocycles. The van der Waals surface area contributed by atoms with Crippen molar-refractivity contribution in [2.75, 3.05) is 38.3 Å². The maximum absolute atomic E-state index is 10.1. The summed E-state index contributed by atoms with van der Waals surface area (Å²) in [5.41, 5.74) is 2.28. The average molecular weight is 450 g/mol. The molecule has 0 aromatic carbocycles. The van der Waals surface area contributed by atoms with Crippen molar-refractivity contribution in [1.29, 1.82) is 0 Å². The van der Waals surface area contributed by atoms with E-state index in [1.807, 2.05) is 18.2 Å². The molecule has 33 heavy (non-hydrogen) atoms. The Morgan fingerprint density at radius 3 is 2.88 bits per heavy atom. The number of furan rings is 1. The number of nitrogens with zero attached hydrogens (tertiary/aromatic N) is 5. The molecule has 6 rings (SSSR count). The summed E-state index contributed by atoms with van der Waals surface area (Å²) in [6, 6.07) is 7.53. The molecule has 1 unspecified atom stereocenters. The van der Waals surface area contributed by atoms with Crippen LogP contribution in [0.25, 0.3) is 28.1 Å². The smallest absolute Gasteiger partial charge is 0.231 e. The van der Waals surface area contributed by atoms with E-state index >= 15 is 0 Å². The van der Waals surface area contributed by atoms with Gasteiger partial charge in [-0.3, -0.25) is 4.79 Å². The highest BCUT2D eigenvalue weighted by molar-refractivity contribution is 5.92. The quantitative estimate of drug-likeness (QED) is 0.508. The van der Waals surface area contributed by atoms with Gasteiger partial charge in [-0.1, -0.05) is 0 Å². The number of pyridine rings is 1. The van der Waals surface area contributed by atoms with E-state index in [0.29, 0.717) is 18.2 Å². The second-order valence-corrected chi connectivity index (χ2v) is 8.03. The fourth-order valence-electron chi connectivity index (χ4n) is 4.04. The number of amides is 1. The summed E-state index contributed by atoms with van der Waals surface area (Å²) in [6.45, 7) is 5.27. The Morgan fingerprint density at radius 2 is 2.15 bits per heavy atom. The summed E-state index contributed by atoms with van der Waals surface area (Å²) in [5.74, 6) is 2.32. The number of anilines is 1. The van der Waals surface area contributed by atoms with Crippen molar-refractivity contribution in [3.63, 3.8) is 0 Å². The van der Waals surface area contributed by atoms with Crippen LogP contribution in [0.5, 0.6) is 5.88 Å². The third-order valence-corrected chi connectivity index (χ3v) is 5.67. The lowest BCUT2D eigenvalue weighted by Gasteiger charge is -2.32. The highest BCUT2D eigenvalue weighted by atomic mass is 16.5. The molecule has 1 amide bonds. The summed E-state index contributed by atoms with van der Waals surface area (Å²) in [7, 11) is 1.59. The van der Waals surface area contributed by atoms with Crippen molar-refractivity contribution in [3.8, 4) is 17.3 Å². The van der Waals surface area contributed by atoms with Crippen LogP contribution in [0.1, 0.15) is 19.8 Å². The molecule has 0 aliphatic carbocycles. The van der Waals surface area contributed by atoms with Gasteiger partial charge < -0.3 is 24.1 Å². The molecular weight excluding hydrogens is 424 g/mol. The third-order valence-electron chi connectivity index (χ3n) is 5.67. The van der Waals surface area contributed by atoms with Gasteiger partial charge in [0.15, 0.2) is 11.4 Å². The second-order valence-electron chi connectivity index (χ2n) is 8.03. The van der Waals surface area contributed by atoms with Crippen LogP contribution >= 0.6 is 0 Å². The van der Waals surface area contributed by atoms with Gasteiger partial charge >= 0.3 is 0 Å². The number of ether oxygens (including phenoxy) is 2. The number of hydrogen-bond donors (Lipinski definition) is 1. The Balaban J connectivity index is 0.000000332. The van der Waals surface area contributed by atoms with Crippen LogP contribution in [0.4, 0.5) is 5.82 Å². The van der Waals surface area contributed by atoms with Gasteiger partial charge in [-0.2, -0.15) is 0 Å². The van der Waals surface area contributed by atoms with Crippen LogP contribution in [0.2, 0.25) is 0 Å². The molecule has 4 aromatic rings. The molecule has 0 spiro atoms. The van der Waals surface area contributed by atoms with E-state index in [2.05, 4.69) is 32.2 Å². The van der Waals surface area contributed by atoms with Crippen LogP contribution in [-0.4, -0.2) is 64.9 Å². The van der Waals surface area contributed by atoms with Crippen molar-refractivity contribution in [3.05, 3.63) is 36.7 Å². The number of imidazole rings is 1. The molecule has 10 heteroatoms. The molecule has 172 valence electrons. The molecule has 0 radical (unpaired) electrons. The number of methoxy groups -OCH3 is 1. The topological polar surface area (TPSA) is 107 Å². The van der Waals surface area contributed by atoms with Gasteiger partial charge in [0.2, 0.25) is 11.8 Å². The largest absolute Gasteiger partial charge is 0.480 e. The first-order valence-corrected chi connectivity index (χ1v) is 11.0. The zero-order valence-electron chi connectivity index (χ0n) is 18.7. The molecule has 2 aliphatic rings. The van der Waals surface area contributed by atoms with Gasteiger partial charge in [-0.05, 0) is 31.5 Å². The first-order valence-electron chi connectivity index (χ1n) is 11.0. The minimum Gasteiger partial charge on any atom is -0.480 e. The number of morpholine rings is 1. The normalized spacial score (nSPS) is 18.3. The van der Waals surface area contributed by atoms with E-state index in [4.69, 9.17) is 13.9 Å². The lowest BCUT2D eigenvalue weighted by Crippen LogP contribution is -2.41. The van der Waals surface area contributed by atoms with Gasteiger partial charge in [0.1, 0.15) is 17.1 Å². The highest BCUT2D eigenvalue weighted by Crippen LogP contribution is 2.33. The highest BCUT2D eigenvalue weighted by Gasteiger charge is 2.22. The predicted molar refractivity (Wildman–Crippen MR) is 122 cm³/mol. The Morgan fingerprint density at radius 1 is 1.24 bits per heavy atom. The van der Waals surface area contributed by atoms with Gasteiger partial charge in [-0.25, -0.2) is 14.5 Å². The Bertz CT molecular complexity index is 1270. The summed E-state index contributed by atoms with van der Waals surface area (Å²) >= 11 is 0. The van der Waals surface area contributed by atoms with Gasteiger partial charge in [0.25, 0.3) is 0 Å². The lowest BCUT2D eigenvalue weighted by atomic mass is 10.2. The van der Waals surface area contributed by atoms with Gasteiger partial charge in [0, 0.05) is 38.3 Å². The van der Waals surface area contributed by atoms with E-state index < -0.39 is 0 Å². The number of aromatic nitrogens is 4. The first kappa shape index (κ1) is 21.2. The number of carbonyl (C=O) groups excluding carboxylic acids is 1. The summed E-state index contributed by atoms with van der Waals surface area (Å²) < 4.78 is 18.7. The van der Waals surface area contributed by atoms with Crippen molar-refractivity contribution >= 4 is 28.3 Å². The zero-order chi connectivity index (χ0) is 22.8. The fourth-order valence-corrected chi connectivity index (χ4v) is 4.04. The third kappa shape index (κ3) is 4.34. The standard InChI is InChI=1S/C19H19N5O3.C4H7NO/c1-12-11-23(7-8-26-12)19-13-9-16(27-15(13)5-6-20-19)14-10-21-17-3-4-18(25-2)22-24(14)17;6-4-2-1-3-5-4/h3-6,9-10,12H,7-8,11H2,1-2H3;1-3H2,(H,5,6).